The van der Waals surface area contributed by atoms with E-state index in [9.17, 15) is 24.5 Å². The van der Waals surface area contributed by atoms with Crippen LogP contribution < -0.4 is 15.4 Å². The van der Waals surface area contributed by atoms with E-state index >= 15 is 0 Å². The van der Waals surface area contributed by atoms with Crippen molar-refractivity contribution in [2.75, 3.05) is 6.54 Å². The van der Waals surface area contributed by atoms with Crippen LogP contribution in [-0.4, -0.2) is 46.9 Å². The van der Waals surface area contributed by atoms with Gasteiger partial charge in [0.05, 0.1) is 4.92 Å². The van der Waals surface area contributed by atoms with Crippen LogP contribution in [0.3, 0.4) is 0 Å². The van der Waals surface area contributed by atoms with Crippen molar-refractivity contribution in [3.8, 4) is 5.75 Å². The van der Waals surface area contributed by atoms with Crippen LogP contribution >= 0.6 is 0 Å². The number of nitrogens with one attached hydrogen (secondary N) is 2. The summed E-state index contributed by atoms with van der Waals surface area (Å²) < 4.78 is 15.6. The average Bonchev–Trinajstić information content (AvgIpc) is 2.64. The molecule has 1 atom stereocenters. The van der Waals surface area contributed by atoms with Gasteiger partial charge in [-0.25, -0.2) is 14.4 Å². The highest BCUT2D eigenvalue weighted by Crippen LogP contribution is 2.18. The fourth-order valence-electron chi connectivity index (χ4n) is 2.50. The first-order valence-corrected chi connectivity index (χ1v) is 10.6. The van der Waals surface area contributed by atoms with Crippen LogP contribution in [0, 0.1) is 10.1 Å². The van der Waals surface area contributed by atoms with E-state index in [2.05, 4.69) is 10.6 Å². The molecule has 0 heterocycles. The van der Waals surface area contributed by atoms with E-state index in [1.807, 2.05) is 0 Å². The maximum atomic E-state index is 12.6. The zero-order valence-electron chi connectivity index (χ0n) is 19.9. The smallest absolute Gasteiger partial charge is 0.408 e. The molecule has 0 saturated carbocycles. The first kappa shape index (κ1) is 27.7. The molecular weight excluding hydrogens is 434 g/mol. The monoisotopic (exact) mass is 467 g/mol. The van der Waals surface area contributed by atoms with Gasteiger partial charge in [0.25, 0.3) is 5.69 Å². The fraction of sp³-hybridized carbons (Fsp3) is 0.591. The summed E-state index contributed by atoms with van der Waals surface area (Å²) in [6.45, 7) is 10.7. The van der Waals surface area contributed by atoms with Crippen molar-refractivity contribution >= 4 is 23.8 Å². The van der Waals surface area contributed by atoms with Crippen molar-refractivity contribution < 1.29 is 33.5 Å². The molecular formula is C22H33N3O8. The molecule has 33 heavy (non-hydrogen) atoms. The second kappa shape index (κ2) is 12.0. The van der Waals surface area contributed by atoms with Crippen molar-refractivity contribution in [1.82, 2.24) is 10.6 Å². The number of alkyl carbamates (subject to hydrolysis) is 2. The number of benzene rings is 1. The highest BCUT2D eigenvalue weighted by molar-refractivity contribution is 5.83. The number of esters is 1. The Bertz CT molecular complexity index is 826. The van der Waals surface area contributed by atoms with Crippen LogP contribution in [0.5, 0.6) is 5.75 Å². The zero-order chi connectivity index (χ0) is 25.2. The first-order valence-electron chi connectivity index (χ1n) is 10.6. The molecule has 0 saturated heterocycles. The number of carbonyl (C=O) groups is 3. The Morgan fingerprint density at radius 3 is 2.00 bits per heavy atom. The number of ether oxygens (including phenoxy) is 3. The number of amides is 2. The molecule has 11 heteroatoms. The molecule has 0 aromatic heterocycles. The van der Waals surface area contributed by atoms with Crippen molar-refractivity contribution in [2.24, 2.45) is 0 Å². The summed E-state index contributed by atoms with van der Waals surface area (Å²) in [5, 5.41) is 15.9. The number of hydrogen-bond acceptors (Lipinski definition) is 8. The molecule has 0 aliphatic carbocycles. The molecule has 1 aromatic carbocycles. The van der Waals surface area contributed by atoms with Gasteiger partial charge in [0.15, 0.2) is 0 Å². The Morgan fingerprint density at radius 2 is 1.48 bits per heavy atom. The van der Waals surface area contributed by atoms with Gasteiger partial charge in [-0.05, 0) is 72.9 Å². The summed E-state index contributed by atoms with van der Waals surface area (Å²) in [4.78, 5) is 46.7. The summed E-state index contributed by atoms with van der Waals surface area (Å²) in [7, 11) is 0. The maximum absolute atomic E-state index is 12.6. The van der Waals surface area contributed by atoms with Gasteiger partial charge < -0.3 is 24.8 Å². The summed E-state index contributed by atoms with van der Waals surface area (Å²) in [6.07, 6.45) is -0.0907. The molecule has 11 nitrogen and oxygen atoms in total. The van der Waals surface area contributed by atoms with Crippen LogP contribution in [0.2, 0.25) is 0 Å². The number of unbranched alkanes of at least 4 members (excludes halogenated alkanes) is 1. The molecule has 0 aliphatic rings. The maximum Gasteiger partial charge on any atom is 0.408 e. The summed E-state index contributed by atoms with van der Waals surface area (Å²) in [6, 6.07) is 4.00. The topological polar surface area (TPSA) is 146 Å². The van der Waals surface area contributed by atoms with Gasteiger partial charge in [-0.2, -0.15) is 0 Å². The van der Waals surface area contributed by atoms with Gasteiger partial charge in [0.2, 0.25) is 0 Å². The van der Waals surface area contributed by atoms with Crippen LogP contribution in [0.15, 0.2) is 24.3 Å². The highest BCUT2D eigenvalue weighted by Gasteiger charge is 2.26. The fourth-order valence-corrected chi connectivity index (χ4v) is 2.50. The van der Waals surface area contributed by atoms with Gasteiger partial charge in [0, 0.05) is 18.7 Å². The SMILES string of the molecule is CC(C)(C)OC(=O)NCCCC[C@@H](NC(=O)OC(C)(C)C)C(=O)Oc1ccc([N+](=O)[O-])cc1. The number of nitro benzene ring substituents is 1. The Morgan fingerprint density at radius 1 is 0.939 bits per heavy atom. The molecule has 2 N–H and O–H groups in total. The van der Waals surface area contributed by atoms with E-state index in [1.54, 1.807) is 41.5 Å². The Kier molecular flexibility index (Phi) is 10.1. The molecule has 1 aromatic rings. The quantitative estimate of drug-likeness (QED) is 0.181. The minimum absolute atomic E-state index is 0.105. The lowest BCUT2D eigenvalue weighted by Crippen LogP contribution is -2.45. The summed E-state index contributed by atoms with van der Waals surface area (Å²) >= 11 is 0. The van der Waals surface area contributed by atoms with E-state index < -0.39 is 40.3 Å². The van der Waals surface area contributed by atoms with Crippen molar-refractivity contribution in [3.05, 3.63) is 34.4 Å². The van der Waals surface area contributed by atoms with Crippen molar-refractivity contribution in [1.29, 1.82) is 0 Å². The van der Waals surface area contributed by atoms with E-state index in [0.717, 1.165) is 0 Å². The Hall–Kier alpha value is -3.37. The largest absolute Gasteiger partial charge is 0.444 e. The van der Waals surface area contributed by atoms with Crippen molar-refractivity contribution in [2.45, 2.75) is 78.0 Å². The van der Waals surface area contributed by atoms with Gasteiger partial charge in [-0.15, -0.1) is 0 Å². The molecule has 0 aliphatic heterocycles. The normalized spacial score (nSPS) is 12.3. The Balaban J connectivity index is 2.68. The molecule has 2 amide bonds. The summed E-state index contributed by atoms with van der Waals surface area (Å²) in [5.41, 5.74) is -1.50. The standard InChI is InChI=1S/C22H33N3O8/c1-21(2,3)32-19(27)23-14-8-7-9-17(24-20(28)33-22(4,5)6)18(26)31-16-12-10-15(11-13-16)25(29)30/h10-13,17H,7-9,14H2,1-6H3,(H,23,27)(H,24,28)/t17-/m1/s1. The molecule has 0 radical (unpaired) electrons. The van der Waals surface area contributed by atoms with Crippen LogP contribution in [0.25, 0.3) is 0 Å². The van der Waals surface area contributed by atoms with E-state index in [1.165, 1.54) is 24.3 Å². The van der Waals surface area contributed by atoms with Gasteiger partial charge >= 0.3 is 18.2 Å². The van der Waals surface area contributed by atoms with Crippen molar-refractivity contribution in [3.63, 3.8) is 0 Å². The third kappa shape index (κ3) is 12.3. The lowest BCUT2D eigenvalue weighted by atomic mass is 10.1. The molecule has 0 fully saturated rings. The summed E-state index contributed by atoms with van der Waals surface area (Å²) in [5.74, 6) is -0.636. The molecule has 0 spiro atoms. The van der Waals surface area contributed by atoms with E-state index in [4.69, 9.17) is 14.2 Å². The first-order chi connectivity index (χ1) is 15.2. The molecule has 0 bridgehead atoms. The molecule has 0 unspecified atom stereocenters. The molecule has 1 rings (SSSR count). The minimum atomic E-state index is -1.02. The van der Waals surface area contributed by atoms with Crippen LogP contribution in [0.4, 0.5) is 15.3 Å². The number of non-ortho nitro benzene ring substituents is 1. The number of nitrogens with zero attached hydrogens (tertiary/aromatic N) is 1. The highest BCUT2D eigenvalue weighted by atomic mass is 16.6. The number of rotatable bonds is 9. The van der Waals surface area contributed by atoms with Gasteiger partial charge in [-0.1, -0.05) is 0 Å². The predicted octanol–water partition coefficient (Wildman–Crippen LogP) is 4.09. The minimum Gasteiger partial charge on any atom is -0.444 e. The van der Waals surface area contributed by atoms with Crippen LogP contribution in [-0.2, 0) is 14.3 Å². The third-order valence-electron chi connectivity index (χ3n) is 3.83. The zero-order valence-corrected chi connectivity index (χ0v) is 19.9. The predicted molar refractivity (Wildman–Crippen MR) is 120 cm³/mol. The Labute approximate surface area is 193 Å². The second-order valence-corrected chi connectivity index (χ2v) is 9.30. The lowest BCUT2D eigenvalue weighted by Gasteiger charge is -2.23. The second-order valence-electron chi connectivity index (χ2n) is 9.30. The van der Waals surface area contributed by atoms with Gasteiger partial charge in [0.1, 0.15) is 23.0 Å². The third-order valence-corrected chi connectivity index (χ3v) is 3.83. The number of nitro groups is 1. The van der Waals surface area contributed by atoms with E-state index in [0.29, 0.717) is 19.4 Å². The number of carbonyl (C=O) groups excluding carboxylic acids is 3. The molecule has 184 valence electrons. The van der Waals surface area contributed by atoms with Crippen LogP contribution in [0.1, 0.15) is 60.8 Å². The lowest BCUT2D eigenvalue weighted by molar-refractivity contribution is -0.384. The van der Waals surface area contributed by atoms with Gasteiger partial charge in [-0.3, -0.25) is 10.1 Å². The van der Waals surface area contributed by atoms with E-state index in [-0.39, 0.29) is 17.9 Å². The average molecular weight is 468 g/mol. The number of hydrogen-bond donors (Lipinski definition) is 2.